The number of carbonyl (C=O) groups is 1. The fraction of sp³-hybridized carbons (Fsp3) is 0.455. The molecule has 2 aliphatic rings. The summed E-state index contributed by atoms with van der Waals surface area (Å²) in [5.74, 6) is 0.919. The van der Waals surface area contributed by atoms with Crippen LogP contribution in [0.3, 0.4) is 0 Å². The smallest absolute Gasteiger partial charge is 0.254 e. The number of benzene rings is 2. The number of nitrogens with zero attached hydrogens (tertiary/aromatic N) is 2. The van der Waals surface area contributed by atoms with Crippen molar-refractivity contribution in [3.05, 3.63) is 82.5 Å². The van der Waals surface area contributed by atoms with Crippen molar-refractivity contribution in [2.45, 2.75) is 71.9 Å². The second kappa shape index (κ2) is 11.7. The van der Waals surface area contributed by atoms with Gasteiger partial charge in [-0.2, -0.15) is 0 Å². The Morgan fingerprint density at radius 1 is 1.08 bits per heavy atom. The molecule has 2 unspecified atom stereocenters. The van der Waals surface area contributed by atoms with E-state index in [1.807, 2.05) is 38.1 Å². The molecule has 3 atom stereocenters. The maximum Gasteiger partial charge on any atom is 0.254 e. The normalized spacial score (nSPS) is 22.7. The van der Waals surface area contributed by atoms with Gasteiger partial charge in [0.1, 0.15) is 5.75 Å². The zero-order chi connectivity index (χ0) is 27.4. The van der Waals surface area contributed by atoms with Gasteiger partial charge in [-0.05, 0) is 93.8 Å². The molecule has 1 heterocycles. The molecule has 0 aromatic heterocycles. The van der Waals surface area contributed by atoms with Gasteiger partial charge in [-0.3, -0.25) is 9.79 Å². The number of carbonyl (C=O) groups excluding carboxylic acids is 1. The van der Waals surface area contributed by atoms with E-state index in [1.165, 1.54) is 5.57 Å². The minimum atomic E-state index is -0.285. The number of amides is 1. The Kier molecular flexibility index (Phi) is 8.57. The predicted octanol–water partition coefficient (Wildman–Crippen LogP) is 7.32. The van der Waals surface area contributed by atoms with E-state index < -0.39 is 0 Å². The number of methoxy groups -OCH3 is 2. The van der Waals surface area contributed by atoms with E-state index in [4.69, 9.17) is 14.5 Å². The number of likely N-dealkylation sites (tertiary alicyclic amines) is 1. The molecule has 0 saturated carbocycles. The Labute approximate surface area is 228 Å². The highest BCUT2D eigenvalue weighted by molar-refractivity contribution is 6.03. The molecule has 1 amide bonds. The molecule has 1 aliphatic heterocycles. The number of para-hydroxylation sites is 1. The number of piperidine rings is 1. The van der Waals surface area contributed by atoms with E-state index in [-0.39, 0.29) is 23.5 Å². The summed E-state index contributed by atoms with van der Waals surface area (Å²) < 4.78 is 11.2. The molecule has 202 valence electrons. The van der Waals surface area contributed by atoms with Gasteiger partial charge in [0, 0.05) is 30.8 Å². The summed E-state index contributed by atoms with van der Waals surface area (Å²) in [4.78, 5) is 21.6. The van der Waals surface area contributed by atoms with Crippen LogP contribution in [-0.2, 0) is 4.74 Å². The van der Waals surface area contributed by atoms with Gasteiger partial charge in [-0.15, -0.1) is 0 Å². The van der Waals surface area contributed by atoms with E-state index in [1.54, 1.807) is 14.2 Å². The van der Waals surface area contributed by atoms with Crippen molar-refractivity contribution in [3.63, 3.8) is 0 Å². The highest BCUT2D eigenvalue weighted by atomic mass is 16.5. The standard InChI is InChI=1S/C33H42N2O3/c1-22-12-8-9-13-28(22)34-31(25(4)26-15-17-33(5,38-7)18-16-26)29-14-10-11-19-35(29)32(36)30-23(2)20-27(37-6)21-24(30)3/h8-9,12-13,15-17,20-21,25,29H,10-11,14,18-19H2,1-7H3/t25-,29?,33?/m0/s1. The first-order valence-corrected chi connectivity index (χ1v) is 13.7. The molecular formula is C33H42N2O3. The number of allylic oxidation sites excluding steroid dienone is 2. The molecule has 2 aromatic rings. The van der Waals surface area contributed by atoms with Gasteiger partial charge in [0.2, 0.25) is 0 Å². The minimum Gasteiger partial charge on any atom is -0.497 e. The molecular weight excluding hydrogens is 472 g/mol. The Morgan fingerprint density at radius 2 is 1.79 bits per heavy atom. The summed E-state index contributed by atoms with van der Waals surface area (Å²) in [6.07, 6.45) is 10.4. The Morgan fingerprint density at radius 3 is 2.39 bits per heavy atom. The first-order chi connectivity index (χ1) is 18.2. The zero-order valence-corrected chi connectivity index (χ0v) is 24.0. The average molecular weight is 515 g/mol. The van der Waals surface area contributed by atoms with Crippen LogP contribution in [0.25, 0.3) is 0 Å². The van der Waals surface area contributed by atoms with Gasteiger partial charge in [0.05, 0.1) is 24.4 Å². The number of hydrogen-bond acceptors (Lipinski definition) is 4. The van der Waals surface area contributed by atoms with E-state index in [0.717, 1.165) is 71.6 Å². The topological polar surface area (TPSA) is 51.1 Å². The lowest BCUT2D eigenvalue weighted by Crippen LogP contribution is -2.50. The number of aliphatic imine (C=N–C) groups is 1. The lowest BCUT2D eigenvalue weighted by Gasteiger charge is -2.39. The monoisotopic (exact) mass is 514 g/mol. The first-order valence-electron chi connectivity index (χ1n) is 13.7. The molecule has 38 heavy (non-hydrogen) atoms. The van der Waals surface area contributed by atoms with Crippen molar-refractivity contribution in [1.29, 1.82) is 0 Å². The SMILES string of the molecule is COc1cc(C)c(C(=O)N2CCCCC2C(=Nc2ccccc2C)[C@@H](C)C2=CCC(C)(OC)C=C2)c(C)c1. The summed E-state index contributed by atoms with van der Waals surface area (Å²) in [6.45, 7) is 11.1. The molecule has 0 bridgehead atoms. The summed E-state index contributed by atoms with van der Waals surface area (Å²) in [6, 6.07) is 12.1. The maximum atomic E-state index is 14.2. The van der Waals surface area contributed by atoms with E-state index in [9.17, 15) is 4.79 Å². The van der Waals surface area contributed by atoms with E-state index >= 15 is 0 Å². The minimum absolute atomic E-state index is 0.0590. The second-order valence-corrected chi connectivity index (χ2v) is 10.9. The average Bonchev–Trinajstić information content (AvgIpc) is 2.92. The van der Waals surface area contributed by atoms with Crippen molar-refractivity contribution < 1.29 is 14.3 Å². The lowest BCUT2D eigenvalue weighted by molar-refractivity contribution is 0.0501. The van der Waals surface area contributed by atoms with Gasteiger partial charge in [-0.1, -0.05) is 43.4 Å². The third-order valence-electron chi connectivity index (χ3n) is 8.21. The highest BCUT2D eigenvalue weighted by Gasteiger charge is 2.36. The summed E-state index contributed by atoms with van der Waals surface area (Å²) in [5, 5.41) is 0. The molecule has 5 nitrogen and oxygen atoms in total. The van der Waals surface area contributed by atoms with Crippen molar-refractivity contribution in [2.24, 2.45) is 10.9 Å². The van der Waals surface area contributed by atoms with Crippen LogP contribution in [0.15, 0.2) is 65.2 Å². The van der Waals surface area contributed by atoms with E-state index in [2.05, 4.69) is 56.0 Å². The second-order valence-electron chi connectivity index (χ2n) is 10.9. The molecule has 0 radical (unpaired) electrons. The van der Waals surface area contributed by atoms with Gasteiger partial charge < -0.3 is 14.4 Å². The summed E-state index contributed by atoms with van der Waals surface area (Å²) in [5.41, 5.74) is 6.74. The first kappa shape index (κ1) is 27.8. The van der Waals surface area contributed by atoms with Gasteiger partial charge in [0.15, 0.2) is 0 Å². The van der Waals surface area contributed by atoms with Crippen molar-refractivity contribution in [2.75, 3.05) is 20.8 Å². The Hall–Kier alpha value is -3.18. The third-order valence-corrected chi connectivity index (χ3v) is 8.21. The summed E-state index contributed by atoms with van der Waals surface area (Å²) >= 11 is 0. The molecule has 4 rings (SSSR count). The molecule has 1 saturated heterocycles. The summed E-state index contributed by atoms with van der Waals surface area (Å²) in [7, 11) is 3.42. The number of hydrogen-bond donors (Lipinski definition) is 0. The fourth-order valence-electron chi connectivity index (χ4n) is 5.66. The predicted molar refractivity (Wildman–Crippen MR) is 156 cm³/mol. The number of rotatable bonds is 7. The number of ether oxygens (including phenoxy) is 2. The van der Waals surface area contributed by atoms with Crippen molar-refractivity contribution in [3.8, 4) is 5.75 Å². The van der Waals surface area contributed by atoms with Gasteiger partial charge in [0.25, 0.3) is 5.91 Å². The van der Waals surface area contributed by atoms with Crippen LogP contribution in [0, 0.1) is 26.7 Å². The molecule has 5 heteroatoms. The van der Waals surface area contributed by atoms with Gasteiger partial charge >= 0.3 is 0 Å². The van der Waals surface area contributed by atoms with Crippen LogP contribution in [0.1, 0.15) is 66.6 Å². The Balaban J connectivity index is 1.77. The molecule has 2 aromatic carbocycles. The van der Waals surface area contributed by atoms with Crippen molar-refractivity contribution in [1.82, 2.24) is 4.90 Å². The molecule has 1 fully saturated rings. The highest BCUT2D eigenvalue weighted by Crippen LogP contribution is 2.34. The Bertz CT molecular complexity index is 1250. The van der Waals surface area contributed by atoms with Crippen LogP contribution >= 0.6 is 0 Å². The maximum absolute atomic E-state index is 14.2. The molecule has 0 spiro atoms. The van der Waals surface area contributed by atoms with Crippen LogP contribution in [0.4, 0.5) is 5.69 Å². The van der Waals surface area contributed by atoms with Crippen molar-refractivity contribution >= 4 is 17.3 Å². The van der Waals surface area contributed by atoms with E-state index in [0.29, 0.717) is 0 Å². The molecule has 0 N–H and O–H groups in total. The van der Waals surface area contributed by atoms with Crippen LogP contribution in [-0.4, -0.2) is 48.9 Å². The largest absolute Gasteiger partial charge is 0.497 e. The fourth-order valence-corrected chi connectivity index (χ4v) is 5.66. The van der Waals surface area contributed by atoms with Crippen LogP contribution in [0.5, 0.6) is 5.75 Å². The number of aryl methyl sites for hydroxylation is 3. The zero-order valence-electron chi connectivity index (χ0n) is 24.0. The quantitative estimate of drug-likeness (QED) is 0.364. The van der Waals surface area contributed by atoms with Gasteiger partial charge in [-0.25, -0.2) is 0 Å². The van der Waals surface area contributed by atoms with Crippen LogP contribution in [0.2, 0.25) is 0 Å². The van der Waals surface area contributed by atoms with Crippen LogP contribution < -0.4 is 4.74 Å². The molecule has 1 aliphatic carbocycles. The third kappa shape index (κ3) is 5.78. The lowest BCUT2D eigenvalue weighted by atomic mass is 9.82.